The summed E-state index contributed by atoms with van der Waals surface area (Å²) in [6, 6.07) is 17.0. The van der Waals surface area contributed by atoms with Crippen LogP contribution in [0, 0.1) is 6.92 Å². The van der Waals surface area contributed by atoms with E-state index in [-0.39, 0.29) is 0 Å². The zero-order valence-electron chi connectivity index (χ0n) is 15.5. The maximum atomic E-state index is 4.28. The van der Waals surface area contributed by atoms with E-state index in [1.54, 1.807) is 0 Å². The summed E-state index contributed by atoms with van der Waals surface area (Å²) in [5, 5.41) is 8.50. The molecule has 26 heavy (non-hydrogen) atoms. The molecular weight excluding hydrogens is 322 g/mol. The van der Waals surface area contributed by atoms with Crippen molar-refractivity contribution in [2.75, 3.05) is 37.6 Å². The standard InChI is InChI=1S/C21H27N5/c1-18-7-6-8-19(17-18)25-15-13-24(14-16-25)11-4-5-12-26-21-10-3-2-9-20(21)22-23-26/h2-3,6-10,17H,4-5,11-16H2,1H3. The molecule has 0 N–H and O–H groups in total. The van der Waals surface area contributed by atoms with Crippen LogP contribution >= 0.6 is 0 Å². The van der Waals surface area contributed by atoms with E-state index < -0.39 is 0 Å². The molecule has 136 valence electrons. The Labute approximate surface area is 155 Å². The maximum absolute atomic E-state index is 4.28. The lowest BCUT2D eigenvalue weighted by Gasteiger charge is -2.36. The monoisotopic (exact) mass is 349 g/mol. The summed E-state index contributed by atoms with van der Waals surface area (Å²) in [6.45, 7) is 8.84. The number of piperazine rings is 1. The largest absolute Gasteiger partial charge is 0.369 e. The molecule has 0 amide bonds. The first-order chi connectivity index (χ1) is 12.8. The molecule has 0 bridgehead atoms. The van der Waals surface area contributed by atoms with Crippen molar-refractivity contribution < 1.29 is 0 Å². The van der Waals surface area contributed by atoms with Crippen LogP contribution < -0.4 is 4.90 Å². The first-order valence-electron chi connectivity index (χ1n) is 9.62. The van der Waals surface area contributed by atoms with E-state index in [1.165, 1.54) is 24.2 Å². The van der Waals surface area contributed by atoms with Crippen LogP contribution in [0.25, 0.3) is 11.0 Å². The third-order valence-corrected chi connectivity index (χ3v) is 5.25. The van der Waals surface area contributed by atoms with Crippen LogP contribution in [0.3, 0.4) is 0 Å². The Morgan fingerprint density at radius 2 is 1.69 bits per heavy atom. The number of benzene rings is 2. The molecule has 4 rings (SSSR count). The second-order valence-electron chi connectivity index (χ2n) is 7.18. The Bertz CT molecular complexity index is 848. The van der Waals surface area contributed by atoms with Gasteiger partial charge in [0.05, 0.1) is 5.52 Å². The predicted molar refractivity (Wildman–Crippen MR) is 107 cm³/mol. The number of hydrogen-bond donors (Lipinski definition) is 0. The van der Waals surface area contributed by atoms with E-state index in [4.69, 9.17) is 0 Å². The summed E-state index contributed by atoms with van der Waals surface area (Å²) in [4.78, 5) is 5.09. The predicted octanol–water partition coefficient (Wildman–Crippen LogP) is 3.34. The van der Waals surface area contributed by atoms with Crippen molar-refractivity contribution in [2.24, 2.45) is 0 Å². The third kappa shape index (κ3) is 3.88. The van der Waals surface area contributed by atoms with E-state index in [1.807, 2.05) is 16.8 Å². The van der Waals surface area contributed by atoms with Gasteiger partial charge in [0.25, 0.3) is 0 Å². The number of fused-ring (bicyclic) bond motifs is 1. The van der Waals surface area contributed by atoms with Crippen molar-refractivity contribution >= 4 is 16.7 Å². The molecule has 0 saturated carbocycles. The van der Waals surface area contributed by atoms with Crippen LogP contribution in [-0.4, -0.2) is 52.6 Å². The summed E-state index contributed by atoms with van der Waals surface area (Å²) >= 11 is 0. The van der Waals surface area contributed by atoms with Crippen LogP contribution in [0.1, 0.15) is 18.4 Å². The summed E-state index contributed by atoms with van der Waals surface area (Å²) < 4.78 is 2.03. The summed E-state index contributed by atoms with van der Waals surface area (Å²) in [6.07, 6.45) is 2.35. The summed E-state index contributed by atoms with van der Waals surface area (Å²) in [5.74, 6) is 0. The topological polar surface area (TPSA) is 37.2 Å². The van der Waals surface area contributed by atoms with Crippen LogP contribution in [0.15, 0.2) is 48.5 Å². The number of aromatic nitrogens is 3. The SMILES string of the molecule is Cc1cccc(N2CCN(CCCCn3nnc4ccccc43)CC2)c1. The van der Waals surface area contributed by atoms with Gasteiger partial charge in [0, 0.05) is 38.4 Å². The molecule has 1 fully saturated rings. The minimum absolute atomic E-state index is 0.948. The number of para-hydroxylation sites is 1. The van der Waals surface area contributed by atoms with Crippen LogP contribution in [0.5, 0.6) is 0 Å². The molecule has 2 heterocycles. The molecule has 1 aliphatic rings. The Kier molecular flexibility index (Phi) is 5.16. The van der Waals surface area contributed by atoms with E-state index >= 15 is 0 Å². The van der Waals surface area contributed by atoms with Crippen LogP contribution in [0.2, 0.25) is 0 Å². The average molecular weight is 349 g/mol. The van der Waals surface area contributed by atoms with E-state index in [0.717, 1.165) is 50.2 Å². The molecule has 0 unspecified atom stereocenters. The van der Waals surface area contributed by atoms with E-state index in [0.29, 0.717) is 0 Å². The highest BCUT2D eigenvalue weighted by atomic mass is 15.4. The van der Waals surface area contributed by atoms with Gasteiger partial charge < -0.3 is 4.90 Å². The second-order valence-corrected chi connectivity index (χ2v) is 7.18. The molecular formula is C21H27N5. The molecule has 5 nitrogen and oxygen atoms in total. The minimum atomic E-state index is 0.948. The number of rotatable bonds is 6. The average Bonchev–Trinajstić information content (AvgIpc) is 3.09. The number of hydrogen-bond acceptors (Lipinski definition) is 4. The van der Waals surface area contributed by atoms with Crippen molar-refractivity contribution in [3.05, 3.63) is 54.1 Å². The zero-order chi connectivity index (χ0) is 17.8. The highest BCUT2D eigenvalue weighted by Gasteiger charge is 2.16. The van der Waals surface area contributed by atoms with Crippen LogP contribution in [0.4, 0.5) is 5.69 Å². The lowest BCUT2D eigenvalue weighted by atomic mass is 10.2. The van der Waals surface area contributed by atoms with Gasteiger partial charge >= 0.3 is 0 Å². The molecule has 1 aromatic heterocycles. The van der Waals surface area contributed by atoms with Gasteiger partial charge in [0.2, 0.25) is 0 Å². The van der Waals surface area contributed by atoms with Crippen molar-refractivity contribution in [1.29, 1.82) is 0 Å². The fourth-order valence-corrected chi connectivity index (χ4v) is 3.73. The van der Waals surface area contributed by atoms with Gasteiger partial charge in [-0.05, 0) is 56.1 Å². The molecule has 5 heteroatoms. The molecule has 1 saturated heterocycles. The third-order valence-electron chi connectivity index (χ3n) is 5.25. The Morgan fingerprint density at radius 3 is 2.54 bits per heavy atom. The Hall–Kier alpha value is -2.40. The van der Waals surface area contributed by atoms with Gasteiger partial charge in [0.1, 0.15) is 5.52 Å². The summed E-state index contributed by atoms with van der Waals surface area (Å²) in [7, 11) is 0. The van der Waals surface area contributed by atoms with E-state index in [9.17, 15) is 0 Å². The number of aryl methyl sites for hydroxylation is 2. The molecule has 1 aliphatic heterocycles. The van der Waals surface area contributed by atoms with Gasteiger partial charge in [-0.2, -0.15) is 0 Å². The lowest BCUT2D eigenvalue weighted by Crippen LogP contribution is -2.46. The number of unbranched alkanes of at least 4 members (excludes halogenated alkanes) is 1. The Morgan fingerprint density at radius 1 is 0.885 bits per heavy atom. The maximum Gasteiger partial charge on any atom is 0.113 e. The molecule has 0 radical (unpaired) electrons. The number of nitrogens with zero attached hydrogens (tertiary/aromatic N) is 5. The van der Waals surface area contributed by atoms with Crippen molar-refractivity contribution in [3.63, 3.8) is 0 Å². The highest BCUT2D eigenvalue weighted by molar-refractivity contribution is 5.73. The fraction of sp³-hybridized carbons (Fsp3) is 0.429. The zero-order valence-corrected chi connectivity index (χ0v) is 15.5. The van der Waals surface area contributed by atoms with Gasteiger partial charge in [0.15, 0.2) is 0 Å². The Balaban J connectivity index is 1.20. The first kappa shape index (κ1) is 17.0. The molecule has 2 aromatic carbocycles. The molecule has 0 spiro atoms. The number of anilines is 1. The minimum Gasteiger partial charge on any atom is -0.369 e. The van der Waals surface area contributed by atoms with E-state index in [2.05, 4.69) is 63.4 Å². The van der Waals surface area contributed by atoms with Gasteiger partial charge in [-0.15, -0.1) is 5.10 Å². The van der Waals surface area contributed by atoms with Crippen molar-refractivity contribution in [3.8, 4) is 0 Å². The quantitative estimate of drug-likeness (QED) is 0.640. The van der Waals surface area contributed by atoms with Gasteiger partial charge in [-0.25, -0.2) is 4.68 Å². The second kappa shape index (κ2) is 7.87. The van der Waals surface area contributed by atoms with Crippen molar-refractivity contribution in [2.45, 2.75) is 26.3 Å². The molecule has 0 aliphatic carbocycles. The first-order valence-corrected chi connectivity index (χ1v) is 9.62. The molecule has 0 atom stereocenters. The smallest absolute Gasteiger partial charge is 0.113 e. The molecule has 3 aromatic rings. The summed E-state index contributed by atoms with van der Waals surface area (Å²) in [5.41, 5.74) is 4.83. The fourth-order valence-electron chi connectivity index (χ4n) is 3.73. The lowest BCUT2D eigenvalue weighted by molar-refractivity contribution is 0.251. The van der Waals surface area contributed by atoms with Gasteiger partial charge in [-0.3, -0.25) is 4.90 Å². The normalized spacial score (nSPS) is 15.7. The highest BCUT2D eigenvalue weighted by Crippen LogP contribution is 2.18. The van der Waals surface area contributed by atoms with Crippen LogP contribution in [-0.2, 0) is 6.54 Å². The van der Waals surface area contributed by atoms with Crippen molar-refractivity contribution in [1.82, 2.24) is 19.9 Å². The van der Waals surface area contributed by atoms with Gasteiger partial charge in [-0.1, -0.05) is 29.5 Å².